The highest BCUT2D eigenvalue weighted by Gasteiger charge is 2.25. The lowest BCUT2D eigenvalue weighted by atomic mass is 10.1. The number of phenols is 1. The molecule has 1 aromatic carbocycles. The van der Waals surface area contributed by atoms with Crippen molar-refractivity contribution in [2.75, 3.05) is 13.2 Å². The number of aliphatic hydroxyl groups excluding tert-OH is 1. The van der Waals surface area contributed by atoms with Gasteiger partial charge in [-0.1, -0.05) is 12.1 Å². The average Bonchev–Trinajstić information content (AvgIpc) is 2.63. The van der Waals surface area contributed by atoms with Crippen LogP contribution in [-0.2, 0) is 11.3 Å². The van der Waals surface area contributed by atoms with E-state index >= 15 is 0 Å². The van der Waals surface area contributed by atoms with Gasteiger partial charge >= 0.3 is 0 Å². The van der Waals surface area contributed by atoms with Gasteiger partial charge in [-0.15, -0.1) is 0 Å². The highest BCUT2D eigenvalue weighted by Crippen LogP contribution is 2.11. The zero-order valence-electron chi connectivity index (χ0n) is 8.39. The molecule has 0 spiro atoms. The third-order valence-corrected chi connectivity index (χ3v) is 2.56. The van der Waals surface area contributed by atoms with Crippen LogP contribution in [0.15, 0.2) is 24.3 Å². The van der Waals surface area contributed by atoms with Crippen LogP contribution in [-0.4, -0.2) is 35.6 Å². The molecule has 1 heterocycles. The Morgan fingerprint density at radius 1 is 1.27 bits per heavy atom. The van der Waals surface area contributed by atoms with Crippen molar-refractivity contribution in [3.8, 4) is 5.75 Å². The zero-order valence-corrected chi connectivity index (χ0v) is 8.39. The van der Waals surface area contributed by atoms with Gasteiger partial charge in [0.2, 0.25) is 0 Å². The van der Waals surface area contributed by atoms with Gasteiger partial charge in [-0.05, 0) is 17.7 Å². The van der Waals surface area contributed by atoms with Gasteiger partial charge < -0.3 is 20.3 Å². The quantitative estimate of drug-likeness (QED) is 0.667. The number of hydrogen-bond acceptors (Lipinski definition) is 4. The molecule has 2 unspecified atom stereocenters. The van der Waals surface area contributed by atoms with Gasteiger partial charge in [0, 0.05) is 6.54 Å². The van der Waals surface area contributed by atoms with Crippen LogP contribution in [0, 0.1) is 0 Å². The Balaban J connectivity index is 1.85. The number of aromatic hydroxyl groups is 1. The maximum Gasteiger partial charge on any atom is 0.115 e. The third-order valence-electron chi connectivity index (χ3n) is 2.56. The molecule has 0 radical (unpaired) electrons. The van der Waals surface area contributed by atoms with Crippen molar-refractivity contribution in [1.82, 2.24) is 5.32 Å². The summed E-state index contributed by atoms with van der Waals surface area (Å²) in [7, 11) is 0. The van der Waals surface area contributed by atoms with Gasteiger partial charge in [0.15, 0.2) is 0 Å². The molecule has 82 valence electrons. The zero-order chi connectivity index (χ0) is 10.7. The molecular weight excluding hydrogens is 194 g/mol. The van der Waals surface area contributed by atoms with E-state index in [0.717, 1.165) is 5.56 Å². The largest absolute Gasteiger partial charge is 0.508 e. The molecule has 15 heavy (non-hydrogen) atoms. The lowest BCUT2D eigenvalue weighted by Crippen LogP contribution is -2.38. The van der Waals surface area contributed by atoms with Crippen molar-refractivity contribution in [2.24, 2.45) is 0 Å². The number of benzene rings is 1. The second kappa shape index (κ2) is 4.61. The molecule has 0 saturated carbocycles. The van der Waals surface area contributed by atoms with Gasteiger partial charge in [-0.2, -0.15) is 0 Å². The van der Waals surface area contributed by atoms with Crippen molar-refractivity contribution in [2.45, 2.75) is 18.7 Å². The highest BCUT2D eigenvalue weighted by molar-refractivity contribution is 5.25. The molecule has 3 N–H and O–H groups in total. The Morgan fingerprint density at radius 3 is 2.60 bits per heavy atom. The summed E-state index contributed by atoms with van der Waals surface area (Å²) in [4.78, 5) is 0. The fraction of sp³-hybridized carbons (Fsp3) is 0.455. The summed E-state index contributed by atoms with van der Waals surface area (Å²) in [5, 5.41) is 21.8. The number of nitrogens with one attached hydrogen (secondary N) is 1. The first kappa shape index (κ1) is 10.4. The van der Waals surface area contributed by atoms with E-state index in [0.29, 0.717) is 19.8 Å². The predicted molar refractivity (Wildman–Crippen MR) is 55.6 cm³/mol. The Morgan fingerprint density at radius 2 is 2.00 bits per heavy atom. The molecule has 4 nitrogen and oxygen atoms in total. The molecule has 2 atom stereocenters. The SMILES string of the molecule is Oc1ccc(CNC2COCC2O)cc1. The van der Waals surface area contributed by atoms with Crippen LogP contribution < -0.4 is 5.32 Å². The van der Waals surface area contributed by atoms with Crippen molar-refractivity contribution in [1.29, 1.82) is 0 Å². The molecule has 0 bridgehead atoms. The summed E-state index contributed by atoms with van der Waals surface area (Å²) in [6.45, 7) is 1.64. The summed E-state index contributed by atoms with van der Waals surface area (Å²) >= 11 is 0. The van der Waals surface area contributed by atoms with Crippen molar-refractivity contribution in [3.05, 3.63) is 29.8 Å². The van der Waals surface area contributed by atoms with Crippen LogP contribution in [0.4, 0.5) is 0 Å². The molecule has 0 aromatic heterocycles. The first-order chi connectivity index (χ1) is 7.25. The molecular formula is C11H15NO3. The van der Waals surface area contributed by atoms with E-state index in [1.165, 1.54) is 0 Å². The highest BCUT2D eigenvalue weighted by atomic mass is 16.5. The summed E-state index contributed by atoms with van der Waals surface area (Å²) < 4.78 is 5.12. The summed E-state index contributed by atoms with van der Waals surface area (Å²) in [6.07, 6.45) is -0.415. The topological polar surface area (TPSA) is 61.7 Å². The smallest absolute Gasteiger partial charge is 0.115 e. The number of rotatable bonds is 3. The van der Waals surface area contributed by atoms with Crippen molar-refractivity contribution in [3.63, 3.8) is 0 Å². The first-order valence-corrected chi connectivity index (χ1v) is 5.03. The maximum atomic E-state index is 9.48. The molecule has 0 aliphatic carbocycles. The minimum Gasteiger partial charge on any atom is -0.508 e. The monoisotopic (exact) mass is 209 g/mol. The standard InChI is InChI=1S/C11H15NO3/c13-9-3-1-8(2-4-9)5-12-10-6-15-7-11(10)14/h1-4,10-14H,5-7H2. The van der Waals surface area contributed by atoms with Crippen LogP contribution >= 0.6 is 0 Å². The van der Waals surface area contributed by atoms with Gasteiger partial charge in [0.25, 0.3) is 0 Å². The number of ether oxygens (including phenoxy) is 1. The molecule has 1 aliphatic heterocycles. The van der Waals surface area contributed by atoms with E-state index in [4.69, 9.17) is 9.84 Å². The fourth-order valence-electron chi connectivity index (χ4n) is 1.60. The van der Waals surface area contributed by atoms with Crippen LogP contribution in [0.1, 0.15) is 5.56 Å². The lowest BCUT2D eigenvalue weighted by Gasteiger charge is -2.14. The minimum atomic E-state index is -0.415. The Bertz CT molecular complexity index is 312. The molecule has 2 rings (SSSR count). The van der Waals surface area contributed by atoms with E-state index < -0.39 is 6.10 Å². The van der Waals surface area contributed by atoms with E-state index in [1.54, 1.807) is 12.1 Å². The van der Waals surface area contributed by atoms with Gasteiger partial charge in [0.05, 0.1) is 25.4 Å². The predicted octanol–water partition coefficient (Wildman–Crippen LogP) is 0.242. The Hall–Kier alpha value is -1.10. The summed E-state index contributed by atoms with van der Waals surface area (Å²) in [6, 6.07) is 7.02. The van der Waals surface area contributed by atoms with Crippen LogP contribution in [0.3, 0.4) is 0 Å². The number of aliphatic hydroxyl groups is 1. The number of hydrogen-bond donors (Lipinski definition) is 3. The van der Waals surface area contributed by atoms with Crippen molar-refractivity contribution < 1.29 is 14.9 Å². The molecule has 4 heteroatoms. The van der Waals surface area contributed by atoms with E-state index in [1.807, 2.05) is 12.1 Å². The van der Waals surface area contributed by atoms with Crippen molar-refractivity contribution >= 4 is 0 Å². The molecule has 1 aliphatic rings. The third kappa shape index (κ3) is 2.68. The Labute approximate surface area is 88.5 Å². The van der Waals surface area contributed by atoms with Gasteiger partial charge in [-0.25, -0.2) is 0 Å². The lowest BCUT2D eigenvalue weighted by molar-refractivity contribution is 0.122. The molecule has 1 saturated heterocycles. The van der Waals surface area contributed by atoms with Crippen LogP contribution in [0.5, 0.6) is 5.75 Å². The fourth-order valence-corrected chi connectivity index (χ4v) is 1.60. The van der Waals surface area contributed by atoms with Gasteiger partial charge in [0.1, 0.15) is 5.75 Å². The minimum absolute atomic E-state index is 0.0128. The van der Waals surface area contributed by atoms with Crippen LogP contribution in [0.25, 0.3) is 0 Å². The average molecular weight is 209 g/mol. The maximum absolute atomic E-state index is 9.48. The normalized spacial score (nSPS) is 25.7. The second-order valence-electron chi connectivity index (χ2n) is 3.76. The Kier molecular flexibility index (Phi) is 3.20. The van der Waals surface area contributed by atoms with E-state index in [9.17, 15) is 5.11 Å². The van der Waals surface area contributed by atoms with Crippen LogP contribution in [0.2, 0.25) is 0 Å². The first-order valence-electron chi connectivity index (χ1n) is 5.03. The molecule has 1 aromatic rings. The second-order valence-corrected chi connectivity index (χ2v) is 3.76. The number of phenolic OH excluding ortho intramolecular Hbond substituents is 1. The molecule has 1 fully saturated rings. The van der Waals surface area contributed by atoms with E-state index in [2.05, 4.69) is 5.32 Å². The summed E-state index contributed by atoms with van der Waals surface area (Å²) in [5.74, 6) is 0.267. The molecule has 0 amide bonds. The van der Waals surface area contributed by atoms with E-state index in [-0.39, 0.29) is 11.8 Å². The summed E-state index contributed by atoms with van der Waals surface area (Å²) in [5.41, 5.74) is 1.08. The van der Waals surface area contributed by atoms with Gasteiger partial charge in [-0.3, -0.25) is 0 Å².